The fraction of sp³-hybridized carbons (Fsp3) is 0.250. The van der Waals surface area contributed by atoms with E-state index in [1.807, 2.05) is 6.07 Å². The van der Waals surface area contributed by atoms with Gasteiger partial charge in [0.25, 0.3) is 10.1 Å². The Hall–Kier alpha value is -2.88. The van der Waals surface area contributed by atoms with E-state index in [1.54, 1.807) is 24.3 Å². The number of benzene rings is 2. The van der Waals surface area contributed by atoms with Gasteiger partial charge in [0.05, 0.1) is 25.2 Å². The summed E-state index contributed by atoms with van der Waals surface area (Å²) in [6.07, 6.45) is 0.341. The molecule has 156 valence electrons. The summed E-state index contributed by atoms with van der Waals surface area (Å²) < 4.78 is 39.9. The minimum Gasteiger partial charge on any atom is -0.497 e. The summed E-state index contributed by atoms with van der Waals surface area (Å²) >= 11 is 0. The van der Waals surface area contributed by atoms with Gasteiger partial charge >= 0.3 is 6.09 Å². The van der Waals surface area contributed by atoms with Crippen molar-refractivity contribution in [3.8, 4) is 5.75 Å². The first-order chi connectivity index (χ1) is 13.8. The van der Waals surface area contributed by atoms with E-state index < -0.39 is 35.0 Å². The summed E-state index contributed by atoms with van der Waals surface area (Å²) in [5.41, 5.74) is -0.776. The molecule has 8 nitrogen and oxygen atoms in total. The predicted molar refractivity (Wildman–Crippen MR) is 106 cm³/mol. The third kappa shape index (κ3) is 6.31. The van der Waals surface area contributed by atoms with Gasteiger partial charge in [0.1, 0.15) is 17.9 Å². The summed E-state index contributed by atoms with van der Waals surface area (Å²) in [6.45, 7) is 2.35. The second kappa shape index (κ2) is 10.1. The molecule has 2 aromatic carbocycles. The van der Waals surface area contributed by atoms with Crippen LogP contribution in [0.4, 0.5) is 4.79 Å². The molecule has 0 aromatic heterocycles. The lowest BCUT2D eigenvalue weighted by molar-refractivity contribution is 0.101. The fourth-order valence-corrected chi connectivity index (χ4v) is 3.22. The zero-order valence-corrected chi connectivity index (χ0v) is 16.7. The van der Waals surface area contributed by atoms with Gasteiger partial charge in [0, 0.05) is 0 Å². The second-order valence-electron chi connectivity index (χ2n) is 6.10. The molecule has 29 heavy (non-hydrogen) atoms. The highest BCUT2D eigenvalue weighted by Crippen LogP contribution is 2.19. The van der Waals surface area contributed by atoms with Crippen molar-refractivity contribution in [1.82, 2.24) is 5.32 Å². The molecule has 0 radical (unpaired) electrons. The van der Waals surface area contributed by atoms with E-state index in [0.717, 1.165) is 5.56 Å². The summed E-state index contributed by atoms with van der Waals surface area (Å²) in [4.78, 5) is 12.0. The summed E-state index contributed by atoms with van der Waals surface area (Å²) in [5, 5.41) is 12.1. The predicted octanol–water partition coefficient (Wildman–Crippen LogP) is 2.24. The minimum absolute atomic E-state index is 0.0102. The maximum atomic E-state index is 12.4. The molecule has 0 saturated carbocycles. The summed E-state index contributed by atoms with van der Waals surface area (Å²) in [7, 11) is -2.68. The molecule has 0 aliphatic rings. The number of rotatable bonds is 10. The molecule has 1 amide bonds. The largest absolute Gasteiger partial charge is 0.497 e. The Morgan fingerprint density at radius 1 is 1.17 bits per heavy atom. The number of alkyl carbamates (subject to hydrolysis) is 1. The summed E-state index contributed by atoms with van der Waals surface area (Å²) in [5.74, 6) is 0.488. The van der Waals surface area contributed by atoms with Gasteiger partial charge < -0.3 is 19.9 Å². The van der Waals surface area contributed by atoms with Crippen LogP contribution >= 0.6 is 0 Å². The molecule has 1 atom stereocenters. The second-order valence-corrected chi connectivity index (χ2v) is 7.71. The number of aliphatic hydroxyl groups excluding tert-OH is 1. The van der Waals surface area contributed by atoms with Crippen LogP contribution in [-0.2, 0) is 25.6 Å². The minimum atomic E-state index is -4.14. The Kier molecular flexibility index (Phi) is 7.77. The van der Waals surface area contributed by atoms with Gasteiger partial charge in [-0.25, -0.2) is 4.79 Å². The average molecular weight is 421 g/mol. The number of methoxy groups -OCH3 is 1. The molecule has 0 saturated heterocycles. The summed E-state index contributed by atoms with van der Waals surface area (Å²) in [6, 6.07) is 14.6. The quantitative estimate of drug-likeness (QED) is 0.447. The van der Waals surface area contributed by atoms with E-state index >= 15 is 0 Å². The SMILES string of the molecule is C=C[C@@](CO)(COS(=O)(=O)c1ccc(OC)cc1)NC(=O)OCc1ccccc1. The van der Waals surface area contributed by atoms with Crippen molar-refractivity contribution in [2.24, 2.45) is 0 Å². The smallest absolute Gasteiger partial charge is 0.408 e. The van der Waals surface area contributed by atoms with E-state index in [1.165, 1.54) is 37.5 Å². The molecule has 2 aromatic rings. The van der Waals surface area contributed by atoms with Crippen molar-refractivity contribution in [3.63, 3.8) is 0 Å². The lowest BCUT2D eigenvalue weighted by Crippen LogP contribution is -2.53. The van der Waals surface area contributed by atoms with Crippen LogP contribution in [0.15, 0.2) is 72.1 Å². The Balaban J connectivity index is 2.01. The van der Waals surface area contributed by atoms with Crippen molar-refractivity contribution < 1.29 is 32.0 Å². The van der Waals surface area contributed by atoms with Crippen LogP contribution in [0.2, 0.25) is 0 Å². The monoisotopic (exact) mass is 421 g/mol. The van der Waals surface area contributed by atoms with E-state index in [9.17, 15) is 18.3 Å². The number of carbonyl (C=O) groups excluding carboxylic acids is 1. The number of aliphatic hydroxyl groups is 1. The highest BCUT2D eigenvalue weighted by molar-refractivity contribution is 7.86. The highest BCUT2D eigenvalue weighted by atomic mass is 32.2. The average Bonchev–Trinajstić information content (AvgIpc) is 2.76. The number of carbonyl (C=O) groups is 1. The molecule has 9 heteroatoms. The molecule has 0 unspecified atom stereocenters. The number of nitrogens with one attached hydrogen (secondary N) is 1. The molecule has 0 aliphatic carbocycles. The van der Waals surface area contributed by atoms with E-state index in [-0.39, 0.29) is 11.5 Å². The van der Waals surface area contributed by atoms with Gasteiger partial charge in [-0.1, -0.05) is 36.4 Å². The number of amides is 1. The van der Waals surface area contributed by atoms with Gasteiger partial charge in [-0.2, -0.15) is 8.42 Å². The maximum absolute atomic E-state index is 12.4. The third-order valence-corrected chi connectivity index (χ3v) is 5.33. The van der Waals surface area contributed by atoms with Crippen molar-refractivity contribution >= 4 is 16.2 Å². The fourth-order valence-electron chi connectivity index (χ4n) is 2.25. The number of hydrogen-bond acceptors (Lipinski definition) is 7. The van der Waals surface area contributed by atoms with Crippen molar-refractivity contribution in [2.45, 2.75) is 17.0 Å². The van der Waals surface area contributed by atoms with Gasteiger partial charge in [0.15, 0.2) is 0 Å². The Labute approximate surface area is 169 Å². The molecule has 0 heterocycles. The lowest BCUT2D eigenvalue weighted by Gasteiger charge is -2.28. The Bertz CT molecular complexity index is 914. The molecule has 0 aliphatic heterocycles. The van der Waals surface area contributed by atoms with Gasteiger partial charge in [-0.05, 0) is 29.8 Å². The zero-order valence-electron chi connectivity index (χ0n) is 15.9. The zero-order chi connectivity index (χ0) is 21.3. The van der Waals surface area contributed by atoms with Crippen molar-refractivity contribution in [3.05, 3.63) is 72.8 Å². The number of ether oxygens (including phenoxy) is 2. The normalized spacial score (nSPS) is 13.2. The molecule has 0 bridgehead atoms. The molecule has 0 fully saturated rings. The van der Waals surface area contributed by atoms with Crippen LogP contribution < -0.4 is 10.1 Å². The van der Waals surface area contributed by atoms with Gasteiger partial charge in [-0.3, -0.25) is 4.18 Å². The topological polar surface area (TPSA) is 111 Å². The van der Waals surface area contributed by atoms with Crippen LogP contribution in [0, 0.1) is 0 Å². The highest BCUT2D eigenvalue weighted by Gasteiger charge is 2.32. The van der Waals surface area contributed by atoms with E-state index in [4.69, 9.17) is 13.7 Å². The maximum Gasteiger partial charge on any atom is 0.408 e. The van der Waals surface area contributed by atoms with E-state index in [0.29, 0.717) is 5.75 Å². The third-order valence-electron chi connectivity index (χ3n) is 4.06. The Morgan fingerprint density at radius 3 is 2.38 bits per heavy atom. The van der Waals surface area contributed by atoms with E-state index in [2.05, 4.69) is 11.9 Å². The van der Waals surface area contributed by atoms with Crippen LogP contribution in [0.25, 0.3) is 0 Å². The van der Waals surface area contributed by atoms with Crippen LogP contribution in [0.1, 0.15) is 5.56 Å². The molecular weight excluding hydrogens is 398 g/mol. The standard InChI is InChI=1S/C20H23NO7S/c1-3-20(14-22,21-19(23)27-13-16-7-5-4-6-8-16)15-28-29(24,25)18-11-9-17(26-2)10-12-18/h3-12,22H,1,13-15H2,2H3,(H,21,23)/t20-/m1/s1. The van der Waals surface area contributed by atoms with Crippen molar-refractivity contribution in [1.29, 1.82) is 0 Å². The van der Waals surface area contributed by atoms with Crippen LogP contribution in [0.5, 0.6) is 5.75 Å². The molecule has 2 rings (SSSR count). The molecular formula is C20H23NO7S. The molecule has 0 spiro atoms. The first-order valence-corrected chi connectivity index (χ1v) is 10.0. The van der Waals surface area contributed by atoms with Gasteiger partial charge in [0.2, 0.25) is 0 Å². The van der Waals surface area contributed by atoms with Gasteiger partial charge in [-0.15, -0.1) is 6.58 Å². The Morgan fingerprint density at radius 2 is 1.83 bits per heavy atom. The lowest BCUT2D eigenvalue weighted by atomic mass is 10.0. The number of hydrogen-bond donors (Lipinski definition) is 2. The van der Waals surface area contributed by atoms with Crippen LogP contribution in [0.3, 0.4) is 0 Å². The molecule has 2 N–H and O–H groups in total. The van der Waals surface area contributed by atoms with Crippen LogP contribution in [-0.4, -0.2) is 45.5 Å². The first kappa shape index (κ1) is 22.4. The van der Waals surface area contributed by atoms with Crippen molar-refractivity contribution in [2.75, 3.05) is 20.3 Å². The first-order valence-electron chi connectivity index (χ1n) is 8.61.